The zero-order chi connectivity index (χ0) is 19.8. The molecule has 0 unspecified atom stereocenters. The molecule has 146 valence electrons. The maximum absolute atomic E-state index is 12.9. The summed E-state index contributed by atoms with van der Waals surface area (Å²) in [5, 5.41) is 1.60. The van der Waals surface area contributed by atoms with Crippen LogP contribution in [0.3, 0.4) is 0 Å². The second-order valence-corrected chi connectivity index (χ2v) is 8.41. The van der Waals surface area contributed by atoms with Crippen molar-refractivity contribution >= 4 is 44.2 Å². The van der Waals surface area contributed by atoms with Crippen molar-refractivity contribution < 1.29 is 9.53 Å². The van der Waals surface area contributed by atoms with Crippen molar-refractivity contribution in [3.63, 3.8) is 0 Å². The van der Waals surface area contributed by atoms with Crippen LogP contribution < -0.4 is 9.64 Å². The summed E-state index contributed by atoms with van der Waals surface area (Å²) in [4.78, 5) is 21.8. The second-order valence-electron chi connectivity index (χ2n) is 7.02. The highest BCUT2D eigenvalue weighted by Gasteiger charge is 2.25. The quantitative estimate of drug-likeness (QED) is 0.630. The third-order valence-corrected chi connectivity index (χ3v) is 6.69. The number of hydrogen-bond acceptors (Lipinski definition) is 5. The Hall–Kier alpha value is -2.31. The Morgan fingerprint density at radius 2 is 1.89 bits per heavy atom. The molecule has 1 aromatic heterocycles. The van der Waals surface area contributed by atoms with E-state index in [-0.39, 0.29) is 5.91 Å². The topological polar surface area (TPSA) is 45.7 Å². The Balaban J connectivity index is 1.50. The summed E-state index contributed by atoms with van der Waals surface area (Å²) >= 11 is 7.91. The molecule has 2 aromatic carbocycles. The zero-order valence-corrected chi connectivity index (χ0v) is 17.7. The molecule has 2 heterocycles. The van der Waals surface area contributed by atoms with Crippen LogP contribution in [0.1, 0.15) is 21.5 Å². The van der Waals surface area contributed by atoms with Crippen LogP contribution >= 0.6 is 22.9 Å². The van der Waals surface area contributed by atoms with Gasteiger partial charge in [0, 0.05) is 31.7 Å². The summed E-state index contributed by atoms with van der Waals surface area (Å²) in [6, 6.07) is 9.66. The van der Waals surface area contributed by atoms with E-state index in [0.717, 1.165) is 45.3 Å². The van der Waals surface area contributed by atoms with E-state index in [1.54, 1.807) is 18.4 Å². The van der Waals surface area contributed by atoms with Gasteiger partial charge in [-0.25, -0.2) is 4.98 Å². The van der Waals surface area contributed by atoms with Gasteiger partial charge in [-0.1, -0.05) is 40.6 Å². The van der Waals surface area contributed by atoms with Crippen molar-refractivity contribution in [2.45, 2.75) is 13.8 Å². The molecule has 5 nitrogen and oxygen atoms in total. The minimum Gasteiger partial charge on any atom is -0.494 e. The first kappa shape index (κ1) is 19.0. The summed E-state index contributed by atoms with van der Waals surface area (Å²) in [6.07, 6.45) is 0. The van der Waals surface area contributed by atoms with Gasteiger partial charge >= 0.3 is 0 Å². The molecule has 1 aliphatic heterocycles. The average molecular weight is 416 g/mol. The minimum atomic E-state index is 0.103. The number of benzene rings is 2. The lowest BCUT2D eigenvalue weighted by Gasteiger charge is -2.34. The molecule has 0 bridgehead atoms. The number of anilines is 1. The van der Waals surface area contributed by atoms with Gasteiger partial charge in [0.05, 0.1) is 16.8 Å². The van der Waals surface area contributed by atoms with Crippen molar-refractivity contribution in [3.8, 4) is 5.75 Å². The Morgan fingerprint density at radius 3 is 2.57 bits per heavy atom. The third kappa shape index (κ3) is 3.42. The molecule has 1 saturated heterocycles. The molecule has 1 aliphatic rings. The van der Waals surface area contributed by atoms with Crippen molar-refractivity contribution in [1.82, 2.24) is 9.88 Å². The largest absolute Gasteiger partial charge is 0.494 e. The fourth-order valence-corrected chi connectivity index (χ4v) is 4.87. The predicted molar refractivity (Wildman–Crippen MR) is 115 cm³/mol. The summed E-state index contributed by atoms with van der Waals surface area (Å²) in [5.41, 5.74) is 3.78. The van der Waals surface area contributed by atoms with Crippen molar-refractivity contribution in [2.75, 3.05) is 38.2 Å². The highest BCUT2D eigenvalue weighted by Crippen LogP contribution is 2.38. The first-order chi connectivity index (χ1) is 13.5. The highest BCUT2D eigenvalue weighted by atomic mass is 35.5. The van der Waals surface area contributed by atoms with Crippen LogP contribution in [0.15, 0.2) is 30.3 Å². The second kappa shape index (κ2) is 7.60. The number of carbonyl (C=O) groups excluding carboxylic acids is 1. The van der Waals surface area contributed by atoms with Gasteiger partial charge in [0.25, 0.3) is 5.91 Å². The van der Waals surface area contributed by atoms with Crippen molar-refractivity contribution in [1.29, 1.82) is 0 Å². The number of fused-ring (bicyclic) bond motifs is 1. The summed E-state index contributed by atoms with van der Waals surface area (Å²) in [7, 11) is 1.64. The van der Waals surface area contributed by atoms with Gasteiger partial charge in [-0.15, -0.1) is 0 Å². The van der Waals surface area contributed by atoms with E-state index in [1.807, 2.05) is 43.0 Å². The van der Waals surface area contributed by atoms with E-state index in [9.17, 15) is 4.79 Å². The number of thiazole rings is 1. The van der Waals surface area contributed by atoms with Gasteiger partial charge in [-0.05, 0) is 37.6 Å². The van der Waals surface area contributed by atoms with E-state index >= 15 is 0 Å². The molecule has 0 saturated carbocycles. The Bertz CT molecular complexity index is 1040. The van der Waals surface area contributed by atoms with Crippen molar-refractivity contribution in [2.24, 2.45) is 0 Å². The SMILES string of the molecule is COc1ccc(Cl)c2sc(N3CCN(C(=O)c4ccc(C)cc4C)CC3)nc12. The normalized spacial score (nSPS) is 14.6. The van der Waals surface area contributed by atoms with Crippen LogP contribution in [0.2, 0.25) is 5.02 Å². The van der Waals surface area contributed by atoms with Gasteiger partial charge in [0.1, 0.15) is 11.3 Å². The van der Waals surface area contributed by atoms with Gasteiger partial charge in [0.2, 0.25) is 0 Å². The molecule has 1 amide bonds. The van der Waals surface area contributed by atoms with Crippen LogP contribution in [0.25, 0.3) is 10.2 Å². The summed E-state index contributed by atoms with van der Waals surface area (Å²) in [5.74, 6) is 0.830. The minimum absolute atomic E-state index is 0.103. The maximum Gasteiger partial charge on any atom is 0.254 e. The van der Waals surface area contributed by atoms with Crippen LogP contribution in [-0.4, -0.2) is 49.1 Å². The van der Waals surface area contributed by atoms with E-state index in [4.69, 9.17) is 21.3 Å². The first-order valence-electron chi connectivity index (χ1n) is 9.22. The highest BCUT2D eigenvalue weighted by molar-refractivity contribution is 7.22. The number of ether oxygens (including phenoxy) is 1. The lowest BCUT2D eigenvalue weighted by atomic mass is 10.0. The smallest absolute Gasteiger partial charge is 0.254 e. The van der Waals surface area contributed by atoms with E-state index < -0.39 is 0 Å². The molecule has 1 fully saturated rings. The number of hydrogen-bond donors (Lipinski definition) is 0. The molecule has 4 rings (SSSR count). The molecular formula is C21H22ClN3O2S. The van der Waals surface area contributed by atoms with Gasteiger partial charge in [-0.2, -0.15) is 0 Å². The number of piperazine rings is 1. The third-order valence-electron chi connectivity index (χ3n) is 5.12. The lowest BCUT2D eigenvalue weighted by Crippen LogP contribution is -2.48. The number of amides is 1. The molecule has 7 heteroatoms. The molecule has 0 aliphatic carbocycles. The fraction of sp³-hybridized carbons (Fsp3) is 0.333. The van der Waals surface area contributed by atoms with Gasteiger partial charge in [0.15, 0.2) is 5.13 Å². The maximum atomic E-state index is 12.9. The molecule has 3 aromatic rings. The number of aryl methyl sites for hydroxylation is 2. The van der Waals surface area contributed by atoms with E-state index in [0.29, 0.717) is 18.1 Å². The van der Waals surface area contributed by atoms with Gasteiger partial charge in [-0.3, -0.25) is 4.79 Å². The number of nitrogens with zero attached hydrogens (tertiary/aromatic N) is 3. The Morgan fingerprint density at radius 1 is 1.14 bits per heavy atom. The number of rotatable bonds is 3. The van der Waals surface area contributed by atoms with E-state index in [1.165, 1.54) is 5.56 Å². The molecule has 0 radical (unpaired) electrons. The average Bonchev–Trinajstić information content (AvgIpc) is 3.14. The summed E-state index contributed by atoms with van der Waals surface area (Å²) in [6.45, 7) is 6.88. The fourth-order valence-electron chi connectivity index (χ4n) is 3.57. The molecular weight excluding hydrogens is 394 g/mol. The predicted octanol–water partition coefficient (Wildman–Crippen LogP) is 4.54. The van der Waals surface area contributed by atoms with Crippen molar-refractivity contribution in [3.05, 3.63) is 52.0 Å². The monoisotopic (exact) mass is 415 g/mol. The number of halogens is 1. The Kier molecular flexibility index (Phi) is 5.17. The molecule has 0 spiro atoms. The standard InChI is InChI=1S/C21H22ClN3O2S/c1-13-4-5-15(14(2)12-13)20(26)24-8-10-25(11-9-24)21-23-18-17(27-3)7-6-16(22)19(18)28-21/h4-7,12H,8-11H2,1-3H3. The number of methoxy groups -OCH3 is 1. The summed E-state index contributed by atoms with van der Waals surface area (Å²) < 4.78 is 6.35. The molecule has 28 heavy (non-hydrogen) atoms. The first-order valence-corrected chi connectivity index (χ1v) is 10.4. The number of carbonyl (C=O) groups is 1. The molecule has 0 atom stereocenters. The van der Waals surface area contributed by atoms with Crippen LogP contribution in [0.4, 0.5) is 5.13 Å². The van der Waals surface area contributed by atoms with Crippen LogP contribution in [-0.2, 0) is 0 Å². The Labute approximate surface area is 173 Å². The van der Waals surface area contributed by atoms with Crippen LogP contribution in [0.5, 0.6) is 5.75 Å². The van der Waals surface area contributed by atoms with E-state index in [2.05, 4.69) is 11.0 Å². The molecule has 0 N–H and O–H groups in total. The lowest BCUT2D eigenvalue weighted by molar-refractivity contribution is 0.0746. The van der Waals surface area contributed by atoms with Gasteiger partial charge < -0.3 is 14.5 Å². The zero-order valence-electron chi connectivity index (χ0n) is 16.2. The number of aromatic nitrogens is 1. The van der Waals surface area contributed by atoms with Crippen LogP contribution in [0, 0.1) is 13.8 Å².